The Morgan fingerprint density at radius 2 is 1.93 bits per heavy atom. The molecule has 0 bridgehead atoms. The summed E-state index contributed by atoms with van der Waals surface area (Å²) in [6.07, 6.45) is 0. The molecule has 0 aromatic heterocycles. The maximum Gasteiger partial charge on any atom is 0.118 e. The number of rotatable bonds is 7. The average Bonchev–Trinajstić information content (AvgIpc) is 2.30. The van der Waals surface area contributed by atoms with E-state index < -0.39 is 0 Å². The van der Waals surface area contributed by atoms with E-state index >= 15 is 0 Å². The molecule has 0 radical (unpaired) electrons. The van der Waals surface area contributed by atoms with Gasteiger partial charge in [0.15, 0.2) is 0 Å². The summed E-state index contributed by atoms with van der Waals surface area (Å²) in [4.78, 5) is 0. The largest absolute Gasteiger partial charge is 0.497 e. The second-order valence-corrected chi connectivity index (χ2v) is 3.25. The van der Waals surface area contributed by atoms with Crippen molar-refractivity contribution in [3.63, 3.8) is 0 Å². The van der Waals surface area contributed by atoms with Crippen molar-refractivity contribution in [2.45, 2.75) is 13.5 Å². The molecule has 0 aliphatic rings. The van der Waals surface area contributed by atoms with Gasteiger partial charge >= 0.3 is 0 Å². The molecule has 1 rings (SSSR count). The van der Waals surface area contributed by atoms with Gasteiger partial charge in [-0.2, -0.15) is 0 Å². The van der Waals surface area contributed by atoms with Crippen LogP contribution in [-0.2, 0) is 11.3 Å². The molecule has 0 fully saturated rings. The Hall–Kier alpha value is -1.06. The second kappa shape index (κ2) is 7.26. The highest BCUT2D eigenvalue weighted by atomic mass is 16.5. The van der Waals surface area contributed by atoms with E-state index in [0.29, 0.717) is 6.61 Å². The summed E-state index contributed by atoms with van der Waals surface area (Å²) in [6, 6.07) is 7.93. The molecule has 1 aromatic carbocycles. The molecule has 3 heteroatoms. The number of benzene rings is 1. The fourth-order valence-electron chi connectivity index (χ4n) is 1.23. The summed E-state index contributed by atoms with van der Waals surface area (Å²) in [7, 11) is 1.67. The zero-order valence-electron chi connectivity index (χ0n) is 9.45. The third-order valence-corrected chi connectivity index (χ3v) is 2.10. The number of nitrogens with one attached hydrogen (secondary N) is 1. The van der Waals surface area contributed by atoms with Gasteiger partial charge in [0.05, 0.1) is 20.3 Å². The molecule has 0 spiro atoms. The lowest BCUT2D eigenvalue weighted by atomic mass is 10.2. The number of likely N-dealkylation sites (N-methyl/N-ethyl adjacent to an activating group) is 1. The Morgan fingerprint density at radius 1 is 1.20 bits per heavy atom. The van der Waals surface area contributed by atoms with Crippen molar-refractivity contribution in [1.82, 2.24) is 5.32 Å². The number of ether oxygens (including phenoxy) is 2. The van der Waals surface area contributed by atoms with Crippen molar-refractivity contribution in [3.8, 4) is 5.75 Å². The first-order chi connectivity index (χ1) is 7.36. The van der Waals surface area contributed by atoms with E-state index in [1.54, 1.807) is 7.11 Å². The van der Waals surface area contributed by atoms with E-state index in [1.165, 1.54) is 5.56 Å². The predicted octanol–water partition coefficient (Wildman–Crippen LogP) is 1.82. The molecule has 0 aliphatic carbocycles. The van der Waals surface area contributed by atoms with E-state index in [0.717, 1.165) is 25.4 Å². The van der Waals surface area contributed by atoms with Crippen LogP contribution in [0.3, 0.4) is 0 Å². The molecule has 15 heavy (non-hydrogen) atoms. The zero-order chi connectivity index (χ0) is 10.9. The fraction of sp³-hybridized carbons (Fsp3) is 0.500. The summed E-state index contributed by atoms with van der Waals surface area (Å²) in [6.45, 7) is 5.40. The van der Waals surface area contributed by atoms with Crippen molar-refractivity contribution in [3.05, 3.63) is 29.8 Å². The Morgan fingerprint density at radius 3 is 2.53 bits per heavy atom. The highest BCUT2D eigenvalue weighted by molar-refractivity contribution is 5.26. The summed E-state index contributed by atoms with van der Waals surface area (Å²) in [5.74, 6) is 0.881. The van der Waals surface area contributed by atoms with E-state index in [1.807, 2.05) is 24.3 Å². The molecule has 0 heterocycles. The third-order valence-electron chi connectivity index (χ3n) is 2.10. The smallest absolute Gasteiger partial charge is 0.118 e. The van der Waals surface area contributed by atoms with Crippen LogP contribution in [0.1, 0.15) is 12.5 Å². The second-order valence-electron chi connectivity index (χ2n) is 3.25. The molecular weight excluding hydrogens is 190 g/mol. The fourth-order valence-corrected chi connectivity index (χ4v) is 1.23. The van der Waals surface area contributed by atoms with Crippen LogP contribution in [0.2, 0.25) is 0 Å². The van der Waals surface area contributed by atoms with E-state index in [9.17, 15) is 0 Å². The van der Waals surface area contributed by atoms with Crippen LogP contribution in [0.25, 0.3) is 0 Å². The number of hydrogen-bond acceptors (Lipinski definition) is 3. The summed E-state index contributed by atoms with van der Waals surface area (Å²) in [5.41, 5.74) is 1.17. The topological polar surface area (TPSA) is 30.5 Å². The lowest BCUT2D eigenvalue weighted by Crippen LogP contribution is -2.18. The van der Waals surface area contributed by atoms with Gasteiger partial charge in [0.2, 0.25) is 0 Å². The van der Waals surface area contributed by atoms with E-state index in [4.69, 9.17) is 9.47 Å². The monoisotopic (exact) mass is 209 g/mol. The van der Waals surface area contributed by atoms with Crippen LogP contribution >= 0.6 is 0 Å². The maximum atomic E-state index is 5.49. The van der Waals surface area contributed by atoms with Gasteiger partial charge in [0.1, 0.15) is 5.75 Å². The van der Waals surface area contributed by atoms with Crippen molar-refractivity contribution >= 4 is 0 Å². The Labute approximate surface area is 91.4 Å². The van der Waals surface area contributed by atoms with Crippen LogP contribution in [0.15, 0.2) is 24.3 Å². The van der Waals surface area contributed by atoms with Gasteiger partial charge in [-0.1, -0.05) is 19.1 Å². The van der Waals surface area contributed by atoms with E-state index in [2.05, 4.69) is 12.2 Å². The van der Waals surface area contributed by atoms with Gasteiger partial charge in [-0.3, -0.25) is 0 Å². The lowest BCUT2D eigenvalue weighted by Gasteiger charge is -2.05. The van der Waals surface area contributed by atoms with Crippen molar-refractivity contribution in [2.75, 3.05) is 26.8 Å². The number of hydrogen-bond donors (Lipinski definition) is 1. The van der Waals surface area contributed by atoms with Crippen LogP contribution in [0.5, 0.6) is 5.75 Å². The lowest BCUT2D eigenvalue weighted by molar-refractivity contribution is 0.123. The quantitative estimate of drug-likeness (QED) is 0.695. The molecular formula is C12H19NO2. The van der Waals surface area contributed by atoms with Crippen LogP contribution in [0, 0.1) is 0 Å². The van der Waals surface area contributed by atoms with Crippen molar-refractivity contribution in [1.29, 1.82) is 0 Å². The first-order valence-corrected chi connectivity index (χ1v) is 5.28. The molecule has 0 saturated heterocycles. The molecule has 84 valence electrons. The van der Waals surface area contributed by atoms with Gasteiger partial charge in [-0.15, -0.1) is 0 Å². The summed E-state index contributed by atoms with van der Waals surface area (Å²) < 4.78 is 10.6. The Bertz CT molecular complexity index is 259. The molecule has 0 aliphatic heterocycles. The first kappa shape index (κ1) is 12.0. The Kier molecular flexibility index (Phi) is 5.81. The van der Waals surface area contributed by atoms with Crippen LogP contribution in [0.4, 0.5) is 0 Å². The van der Waals surface area contributed by atoms with Gasteiger partial charge in [-0.25, -0.2) is 0 Å². The Balaban J connectivity index is 2.20. The van der Waals surface area contributed by atoms with Gasteiger partial charge in [0, 0.05) is 6.54 Å². The predicted molar refractivity (Wildman–Crippen MR) is 61.2 cm³/mol. The molecule has 1 N–H and O–H groups in total. The average molecular weight is 209 g/mol. The zero-order valence-corrected chi connectivity index (χ0v) is 9.45. The minimum atomic E-state index is 0.662. The molecule has 0 amide bonds. The molecule has 0 saturated carbocycles. The summed E-state index contributed by atoms with van der Waals surface area (Å²) >= 11 is 0. The van der Waals surface area contributed by atoms with Crippen molar-refractivity contribution in [2.24, 2.45) is 0 Å². The minimum absolute atomic E-state index is 0.662. The highest BCUT2D eigenvalue weighted by Gasteiger charge is 1.94. The summed E-state index contributed by atoms with van der Waals surface area (Å²) in [5, 5.41) is 3.21. The maximum absolute atomic E-state index is 5.49. The molecule has 0 unspecified atom stereocenters. The van der Waals surface area contributed by atoms with E-state index in [-0.39, 0.29) is 0 Å². The minimum Gasteiger partial charge on any atom is -0.497 e. The molecule has 3 nitrogen and oxygen atoms in total. The van der Waals surface area contributed by atoms with Crippen molar-refractivity contribution < 1.29 is 9.47 Å². The molecule has 1 aromatic rings. The van der Waals surface area contributed by atoms with Gasteiger partial charge in [0.25, 0.3) is 0 Å². The normalized spacial score (nSPS) is 10.3. The standard InChI is InChI=1S/C12H19NO2/c1-3-13-8-9-15-10-11-4-6-12(14-2)7-5-11/h4-7,13H,3,8-10H2,1-2H3. The SMILES string of the molecule is CCNCCOCc1ccc(OC)cc1. The first-order valence-electron chi connectivity index (χ1n) is 5.28. The van der Waals surface area contributed by atoms with Crippen LogP contribution < -0.4 is 10.1 Å². The van der Waals surface area contributed by atoms with Gasteiger partial charge in [-0.05, 0) is 24.2 Å². The number of methoxy groups -OCH3 is 1. The third kappa shape index (κ3) is 4.81. The van der Waals surface area contributed by atoms with Crippen LogP contribution in [-0.4, -0.2) is 26.8 Å². The van der Waals surface area contributed by atoms with Gasteiger partial charge < -0.3 is 14.8 Å². The highest BCUT2D eigenvalue weighted by Crippen LogP contribution is 2.11. The molecule has 0 atom stereocenters.